The highest BCUT2D eigenvalue weighted by Crippen LogP contribution is 2.20. The number of hydrogen-bond acceptors (Lipinski definition) is 4. The van der Waals surface area contributed by atoms with Crippen molar-refractivity contribution in [1.82, 2.24) is 0 Å². The van der Waals surface area contributed by atoms with E-state index in [9.17, 15) is 9.90 Å². The lowest BCUT2D eigenvalue weighted by Gasteiger charge is -2.11. The van der Waals surface area contributed by atoms with Gasteiger partial charge in [0.05, 0.1) is 13.7 Å². The average molecular weight is 196 g/mol. The number of aliphatic hydroxyl groups excluding tert-OH is 1. The predicted molar refractivity (Wildman–Crippen MR) is 49.9 cm³/mol. The Kier molecular flexibility index (Phi) is 3.48. The van der Waals surface area contributed by atoms with Crippen molar-refractivity contribution in [2.24, 2.45) is 0 Å². The van der Waals surface area contributed by atoms with Gasteiger partial charge in [-0.05, 0) is 17.7 Å². The van der Waals surface area contributed by atoms with E-state index in [0.29, 0.717) is 5.56 Å². The molecule has 0 saturated heterocycles. The summed E-state index contributed by atoms with van der Waals surface area (Å²) in [5.74, 6) is -1.19. The number of phenolic OH excluding ortho intramolecular Hbond substituents is 1. The Morgan fingerprint density at radius 1 is 1.57 bits per heavy atom. The molecular weight excluding hydrogens is 184 g/mol. The van der Waals surface area contributed by atoms with E-state index < -0.39 is 11.9 Å². The van der Waals surface area contributed by atoms with E-state index in [-0.39, 0.29) is 12.4 Å². The van der Waals surface area contributed by atoms with Crippen LogP contribution in [0.25, 0.3) is 0 Å². The van der Waals surface area contributed by atoms with Crippen molar-refractivity contribution in [3.8, 4) is 5.75 Å². The Labute approximate surface area is 81.8 Å². The number of carbonyl (C=O) groups excluding carboxylic acids is 1. The Balaban J connectivity index is 2.94. The van der Waals surface area contributed by atoms with E-state index in [1.165, 1.54) is 19.2 Å². The van der Waals surface area contributed by atoms with Crippen LogP contribution in [0.1, 0.15) is 11.5 Å². The van der Waals surface area contributed by atoms with Crippen molar-refractivity contribution in [3.05, 3.63) is 29.8 Å². The monoisotopic (exact) mass is 196 g/mol. The van der Waals surface area contributed by atoms with Crippen molar-refractivity contribution in [2.45, 2.75) is 5.92 Å². The minimum absolute atomic E-state index is 0.0600. The summed E-state index contributed by atoms with van der Waals surface area (Å²) < 4.78 is 4.52. The van der Waals surface area contributed by atoms with Crippen LogP contribution >= 0.6 is 0 Å². The second-order valence-electron chi connectivity index (χ2n) is 2.85. The van der Waals surface area contributed by atoms with E-state index in [1.54, 1.807) is 12.1 Å². The number of aliphatic hydroxyl groups is 1. The second kappa shape index (κ2) is 4.62. The maximum atomic E-state index is 11.2. The van der Waals surface area contributed by atoms with E-state index in [2.05, 4.69) is 4.74 Å². The lowest BCUT2D eigenvalue weighted by atomic mass is 10.0. The summed E-state index contributed by atoms with van der Waals surface area (Å²) in [5.41, 5.74) is 0.541. The molecule has 0 amide bonds. The maximum Gasteiger partial charge on any atom is 0.315 e. The highest BCUT2D eigenvalue weighted by atomic mass is 16.5. The fourth-order valence-corrected chi connectivity index (χ4v) is 1.20. The molecule has 0 heterocycles. The van der Waals surface area contributed by atoms with Gasteiger partial charge in [-0.3, -0.25) is 4.79 Å². The molecule has 4 heteroatoms. The van der Waals surface area contributed by atoms with E-state index >= 15 is 0 Å². The molecule has 0 bridgehead atoms. The molecule has 0 aliphatic carbocycles. The highest BCUT2D eigenvalue weighted by Gasteiger charge is 2.20. The summed E-state index contributed by atoms with van der Waals surface area (Å²) in [5, 5.41) is 18.2. The van der Waals surface area contributed by atoms with Crippen molar-refractivity contribution < 1.29 is 19.7 Å². The van der Waals surface area contributed by atoms with Gasteiger partial charge in [0.25, 0.3) is 0 Å². The van der Waals surface area contributed by atoms with E-state index in [1.807, 2.05) is 0 Å². The number of esters is 1. The minimum atomic E-state index is -0.730. The van der Waals surface area contributed by atoms with Crippen LogP contribution in [0.4, 0.5) is 0 Å². The molecule has 76 valence electrons. The standard InChI is InChI=1S/C10H12O4/c1-14-10(13)9(6-11)7-3-2-4-8(12)5-7/h2-5,9,11-12H,6H2,1H3. The van der Waals surface area contributed by atoms with Crippen molar-refractivity contribution in [1.29, 1.82) is 0 Å². The molecule has 0 saturated carbocycles. The zero-order chi connectivity index (χ0) is 10.6. The number of methoxy groups -OCH3 is 1. The third-order valence-electron chi connectivity index (χ3n) is 1.94. The first-order chi connectivity index (χ1) is 6.69. The van der Waals surface area contributed by atoms with E-state index in [4.69, 9.17) is 5.11 Å². The number of hydrogen-bond donors (Lipinski definition) is 2. The Bertz CT molecular complexity index is 322. The highest BCUT2D eigenvalue weighted by molar-refractivity contribution is 5.78. The Morgan fingerprint density at radius 2 is 2.29 bits per heavy atom. The number of carbonyl (C=O) groups is 1. The van der Waals surface area contributed by atoms with Crippen LogP contribution in [0.2, 0.25) is 0 Å². The van der Waals surface area contributed by atoms with Gasteiger partial charge in [0.15, 0.2) is 0 Å². The topological polar surface area (TPSA) is 66.8 Å². The van der Waals surface area contributed by atoms with Gasteiger partial charge >= 0.3 is 5.97 Å². The van der Waals surface area contributed by atoms with Gasteiger partial charge < -0.3 is 14.9 Å². The molecule has 14 heavy (non-hydrogen) atoms. The largest absolute Gasteiger partial charge is 0.508 e. The van der Waals surface area contributed by atoms with Crippen molar-refractivity contribution in [3.63, 3.8) is 0 Å². The molecular formula is C10H12O4. The molecule has 2 N–H and O–H groups in total. The van der Waals surface area contributed by atoms with Gasteiger partial charge in [-0.25, -0.2) is 0 Å². The maximum absolute atomic E-state index is 11.2. The summed E-state index contributed by atoms with van der Waals surface area (Å²) in [6.45, 7) is -0.337. The van der Waals surface area contributed by atoms with Crippen LogP contribution in [0.5, 0.6) is 5.75 Å². The third kappa shape index (κ3) is 2.23. The number of ether oxygens (including phenoxy) is 1. The molecule has 0 aromatic heterocycles. The Hall–Kier alpha value is -1.55. The first-order valence-corrected chi connectivity index (χ1v) is 4.16. The van der Waals surface area contributed by atoms with Crippen LogP contribution in [0, 0.1) is 0 Å². The minimum Gasteiger partial charge on any atom is -0.508 e. The summed E-state index contributed by atoms with van der Waals surface area (Å²) in [6.07, 6.45) is 0. The second-order valence-corrected chi connectivity index (χ2v) is 2.85. The smallest absolute Gasteiger partial charge is 0.315 e. The quantitative estimate of drug-likeness (QED) is 0.696. The van der Waals surface area contributed by atoms with Crippen molar-refractivity contribution in [2.75, 3.05) is 13.7 Å². The molecule has 0 radical (unpaired) electrons. The molecule has 0 spiro atoms. The molecule has 0 aliphatic heterocycles. The summed E-state index contributed by atoms with van der Waals surface area (Å²) in [6, 6.07) is 6.18. The SMILES string of the molecule is COC(=O)C(CO)c1cccc(O)c1. The lowest BCUT2D eigenvalue weighted by Crippen LogP contribution is -2.17. The lowest BCUT2D eigenvalue weighted by molar-refractivity contribution is -0.143. The molecule has 4 nitrogen and oxygen atoms in total. The van der Waals surface area contributed by atoms with Gasteiger partial charge in [0.1, 0.15) is 11.7 Å². The number of rotatable bonds is 3. The van der Waals surface area contributed by atoms with Crippen LogP contribution < -0.4 is 0 Å². The molecule has 0 fully saturated rings. The van der Waals surface area contributed by atoms with Gasteiger partial charge in [0.2, 0.25) is 0 Å². The first kappa shape index (κ1) is 10.5. The molecule has 1 atom stereocenters. The molecule has 1 unspecified atom stereocenters. The van der Waals surface area contributed by atoms with Gasteiger partial charge in [0, 0.05) is 0 Å². The molecule has 1 aromatic rings. The summed E-state index contributed by atoms with van der Waals surface area (Å²) in [4.78, 5) is 11.2. The summed E-state index contributed by atoms with van der Waals surface area (Å²) >= 11 is 0. The molecule has 1 aromatic carbocycles. The average Bonchev–Trinajstić information content (AvgIpc) is 2.19. The zero-order valence-electron chi connectivity index (χ0n) is 7.80. The number of phenols is 1. The Morgan fingerprint density at radius 3 is 2.79 bits per heavy atom. The zero-order valence-corrected chi connectivity index (χ0v) is 7.80. The normalized spacial score (nSPS) is 12.1. The summed E-state index contributed by atoms with van der Waals surface area (Å²) in [7, 11) is 1.26. The van der Waals surface area contributed by atoms with Gasteiger partial charge in [-0.2, -0.15) is 0 Å². The van der Waals surface area contributed by atoms with Crippen LogP contribution in [0.15, 0.2) is 24.3 Å². The van der Waals surface area contributed by atoms with Crippen LogP contribution in [0.3, 0.4) is 0 Å². The van der Waals surface area contributed by atoms with Crippen molar-refractivity contribution >= 4 is 5.97 Å². The van der Waals surface area contributed by atoms with Crippen LogP contribution in [-0.4, -0.2) is 29.9 Å². The predicted octanol–water partition coefficient (Wildman–Crippen LogP) is 0.641. The van der Waals surface area contributed by atoms with Gasteiger partial charge in [-0.1, -0.05) is 12.1 Å². The van der Waals surface area contributed by atoms with E-state index in [0.717, 1.165) is 0 Å². The third-order valence-corrected chi connectivity index (χ3v) is 1.94. The molecule has 1 rings (SSSR count). The first-order valence-electron chi connectivity index (χ1n) is 4.16. The van der Waals surface area contributed by atoms with Gasteiger partial charge in [-0.15, -0.1) is 0 Å². The molecule has 0 aliphatic rings. The number of benzene rings is 1. The number of aromatic hydroxyl groups is 1. The fourth-order valence-electron chi connectivity index (χ4n) is 1.20. The fraction of sp³-hybridized carbons (Fsp3) is 0.300. The van der Waals surface area contributed by atoms with Crippen LogP contribution in [-0.2, 0) is 9.53 Å².